The summed E-state index contributed by atoms with van der Waals surface area (Å²) in [5.74, 6) is -0.0184. The molecule has 0 aromatic heterocycles. The van der Waals surface area contributed by atoms with Gasteiger partial charge in [-0.25, -0.2) is 4.79 Å². The van der Waals surface area contributed by atoms with Crippen LogP contribution in [0.1, 0.15) is 34.1 Å². The summed E-state index contributed by atoms with van der Waals surface area (Å²) < 4.78 is 5.00. The van der Waals surface area contributed by atoms with Crippen molar-refractivity contribution in [3.05, 3.63) is 10.6 Å². The van der Waals surface area contributed by atoms with Crippen LogP contribution in [0.4, 0.5) is 0 Å². The third-order valence-electron chi connectivity index (χ3n) is 6.10. The zero-order chi connectivity index (χ0) is 19.3. The normalized spacial score (nSPS) is 35.8. The average molecular weight is 383 g/mol. The molecule has 0 bridgehead atoms. The van der Waals surface area contributed by atoms with Crippen LogP contribution in [0.2, 0.25) is 0 Å². The number of methoxy groups -OCH3 is 1. The number of carbonyl (C=O) groups is 2. The molecule has 26 heavy (non-hydrogen) atoms. The van der Waals surface area contributed by atoms with Crippen LogP contribution in [-0.4, -0.2) is 70.9 Å². The van der Waals surface area contributed by atoms with Crippen LogP contribution in [0.5, 0.6) is 0 Å². The molecule has 3 rings (SSSR count). The summed E-state index contributed by atoms with van der Waals surface area (Å²) in [6.45, 7) is 8.92. The van der Waals surface area contributed by atoms with Gasteiger partial charge in [-0.2, -0.15) is 0 Å². The van der Waals surface area contributed by atoms with Crippen molar-refractivity contribution in [2.45, 2.75) is 57.6 Å². The quantitative estimate of drug-likeness (QED) is 0.576. The molecule has 0 aromatic carbocycles. The van der Waals surface area contributed by atoms with Gasteiger partial charge in [0.15, 0.2) is 0 Å². The summed E-state index contributed by atoms with van der Waals surface area (Å²) in [4.78, 5) is 30.0. The number of nitrogens with zero attached hydrogens (tertiary/aromatic N) is 2. The maximum Gasteiger partial charge on any atom is 0.355 e. The van der Waals surface area contributed by atoms with E-state index in [1.165, 1.54) is 7.11 Å². The predicted molar refractivity (Wildman–Crippen MR) is 101 cm³/mol. The molecule has 6 atom stereocenters. The molecule has 7 heteroatoms. The minimum Gasteiger partial charge on any atom is -0.464 e. The molecule has 6 nitrogen and oxygen atoms in total. The standard InChI is InChI=1S/C19H30N2O4S/c1-9(2)14-15-10(3)17(16(19(24)25-6)21(15)18(14)23)26-12-7-13(11(4)22)20(5)8-12/h9-15,22H,7-8H2,1-6H3/t10-,11?,12?,13?,14?,15?/m1/s1. The lowest BCUT2D eigenvalue weighted by Crippen LogP contribution is -2.62. The van der Waals surface area contributed by atoms with E-state index in [-0.39, 0.29) is 41.8 Å². The predicted octanol–water partition coefficient (Wildman–Crippen LogP) is 1.69. The second-order valence-electron chi connectivity index (χ2n) is 8.18. The molecular weight excluding hydrogens is 352 g/mol. The minimum atomic E-state index is -0.421. The largest absolute Gasteiger partial charge is 0.464 e. The number of fused-ring (bicyclic) bond motifs is 1. The lowest BCUT2D eigenvalue weighted by atomic mass is 9.75. The summed E-state index contributed by atoms with van der Waals surface area (Å²) in [6.07, 6.45) is 0.489. The Kier molecular flexibility index (Phi) is 5.43. The monoisotopic (exact) mass is 382 g/mol. The number of β-lactam (4-membered cyclic amide) rings is 1. The van der Waals surface area contributed by atoms with Crippen LogP contribution in [0, 0.1) is 17.8 Å². The van der Waals surface area contributed by atoms with Gasteiger partial charge in [0, 0.05) is 28.7 Å². The summed E-state index contributed by atoms with van der Waals surface area (Å²) >= 11 is 1.70. The van der Waals surface area contributed by atoms with Crippen LogP contribution < -0.4 is 0 Å². The van der Waals surface area contributed by atoms with E-state index in [1.54, 1.807) is 16.7 Å². The third kappa shape index (κ3) is 2.98. The molecule has 1 N–H and O–H groups in total. The lowest BCUT2D eigenvalue weighted by Gasteiger charge is -2.47. The Morgan fingerprint density at radius 2 is 2.00 bits per heavy atom. The van der Waals surface area contributed by atoms with E-state index in [4.69, 9.17) is 4.74 Å². The van der Waals surface area contributed by atoms with Crippen LogP contribution >= 0.6 is 11.8 Å². The maximum absolute atomic E-state index is 12.7. The Labute approximate surface area is 159 Å². The molecular formula is C19H30N2O4S. The van der Waals surface area contributed by atoms with Crippen molar-refractivity contribution < 1.29 is 19.4 Å². The number of likely N-dealkylation sites (tertiary alicyclic amines) is 1. The number of ether oxygens (including phenoxy) is 1. The van der Waals surface area contributed by atoms with Gasteiger partial charge in [-0.05, 0) is 26.3 Å². The van der Waals surface area contributed by atoms with Crippen molar-refractivity contribution in [1.82, 2.24) is 9.80 Å². The van der Waals surface area contributed by atoms with Gasteiger partial charge in [0.1, 0.15) is 5.70 Å². The van der Waals surface area contributed by atoms with E-state index in [9.17, 15) is 14.7 Å². The number of hydrogen-bond acceptors (Lipinski definition) is 6. The first-order valence-corrected chi connectivity index (χ1v) is 10.3. The van der Waals surface area contributed by atoms with E-state index in [0.29, 0.717) is 10.9 Å². The number of aliphatic hydroxyl groups is 1. The van der Waals surface area contributed by atoms with E-state index in [0.717, 1.165) is 17.9 Å². The van der Waals surface area contributed by atoms with Gasteiger partial charge >= 0.3 is 5.97 Å². The summed E-state index contributed by atoms with van der Waals surface area (Å²) in [6, 6.07) is 0.194. The fraction of sp³-hybridized carbons (Fsp3) is 0.789. The third-order valence-corrected chi connectivity index (χ3v) is 7.59. The van der Waals surface area contributed by atoms with Gasteiger partial charge in [-0.1, -0.05) is 20.8 Å². The van der Waals surface area contributed by atoms with E-state index >= 15 is 0 Å². The zero-order valence-electron chi connectivity index (χ0n) is 16.4. The highest BCUT2D eigenvalue weighted by molar-refractivity contribution is 8.03. The van der Waals surface area contributed by atoms with E-state index < -0.39 is 5.97 Å². The van der Waals surface area contributed by atoms with Crippen LogP contribution in [0.25, 0.3) is 0 Å². The van der Waals surface area contributed by atoms with Crippen molar-refractivity contribution in [2.75, 3.05) is 20.7 Å². The van der Waals surface area contributed by atoms with Crippen molar-refractivity contribution in [3.63, 3.8) is 0 Å². The molecule has 3 aliphatic rings. The number of aliphatic hydroxyl groups excluding tert-OH is 1. The Morgan fingerprint density at radius 3 is 2.50 bits per heavy atom. The number of hydrogen-bond donors (Lipinski definition) is 1. The fourth-order valence-corrected chi connectivity index (χ4v) is 6.37. The Balaban J connectivity index is 1.86. The van der Waals surface area contributed by atoms with Gasteiger partial charge in [-0.3, -0.25) is 9.69 Å². The summed E-state index contributed by atoms with van der Waals surface area (Å²) in [5.41, 5.74) is 0.444. The molecule has 0 aliphatic carbocycles. The number of amides is 1. The van der Waals surface area contributed by atoms with E-state index in [2.05, 4.69) is 25.7 Å². The smallest absolute Gasteiger partial charge is 0.355 e. The van der Waals surface area contributed by atoms with Crippen molar-refractivity contribution >= 4 is 23.6 Å². The Hall–Kier alpha value is -1.05. The highest BCUT2D eigenvalue weighted by Gasteiger charge is 2.59. The second kappa shape index (κ2) is 7.17. The van der Waals surface area contributed by atoms with Crippen molar-refractivity contribution in [1.29, 1.82) is 0 Å². The number of thioether (sulfide) groups is 1. The van der Waals surface area contributed by atoms with E-state index in [1.807, 2.05) is 14.0 Å². The SMILES string of the molecule is COC(=O)C1=C(SC2CC(C(C)O)N(C)C2)[C@H](C)C2C(C(C)C)C(=O)N12. The van der Waals surface area contributed by atoms with Crippen LogP contribution in [-0.2, 0) is 14.3 Å². The Morgan fingerprint density at radius 1 is 1.35 bits per heavy atom. The topological polar surface area (TPSA) is 70.1 Å². The zero-order valence-corrected chi connectivity index (χ0v) is 17.2. The van der Waals surface area contributed by atoms with Crippen LogP contribution in [0.15, 0.2) is 10.6 Å². The van der Waals surface area contributed by atoms with Crippen LogP contribution in [0.3, 0.4) is 0 Å². The molecule has 1 amide bonds. The number of esters is 1. The minimum absolute atomic E-state index is 0.0285. The second-order valence-corrected chi connectivity index (χ2v) is 9.53. The van der Waals surface area contributed by atoms with Crippen molar-refractivity contribution in [2.24, 2.45) is 17.8 Å². The molecule has 0 aromatic rings. The summed E-state index contributed by atoms with van der Waals surface area (Å²) in [7, 11) is 3.39. The highest BCUT2D eigenvalue weighted by Crippen LogP contribution is 2.53. The van der Waals surface area contributed by atoms with Gasteiger partial charge in [0.05, 0.1) is 25.2 Å². The molecule has 0 radical (unpaired) electrons. The molecule has 146 valence electrons. The van der Waals surface area contributed by atoms with Gasteiger partial charge < -0.3 is 14.7 Å². The van der Waals surface area contributed by atoms with Gasteiger partial charge in [0.25, 0.3) is 0 Å². The maximum atomic E-state index is 12.7. The van der Waals surface area contributed by atoms with Gasteiger partial charge in [0.2, 0.25) is 5.91 Å². The molecule has 2 saturated heterocycles. The Bertz CT molecular complexity index is 633. The molecule has 2 fully saturated rings. The molecule has 3 aliphatic heterocycles. The first-order chi connectivity index (χ1) is 12.2. The number of rotatable bonds is 5. The first-order valence-electron chi connectivity index (χ1n) is 9.39. The number of carbonyl (C=O) groups excluding carboxylic acids is 2. The van der Waals surface area contributed by atoms with Gasteiger partial charge in [-0.15, -0.1) is 11.8 Å². The summed E-state index contributed by atoms with van der Waals surface area (Å²) in [5, 5.41) is 10.3. The molecule has 5 unspecified atom stereocenters. The molecule has 3 heterocycles. The fourth-order valence-electron chi connectivity index (χ4n) is 4.76. The number of likely N-dealkylation sites (N-methyl/N-ethyl adjacent to an activating group) is 1. The average Bonchev–Trinajstić information content (AvgIpc) is 3.04. The van der Waals surface area contributed by atoms with Crippen molar-refractivity contribution in [3.8, 4) is 0 Å². The highest BCUT2D eigenvalue weighted by atomic mass is 32.2. The first kappa shape index (κ1) is 19.7. The molecule has 0 saturated carbocycles. The molecule has 0 spiro atoms. The lowest BCUT2D eigenvalue weighted by molar-refractivity contribution is -0.160.